The Morgan fingerprint density at radius 1 is 1.35 bits per heavy atom. The molecule has 1 saturated heterocycles. The number of nitrogens with one attached hydrogen (secondary N) is 1. The molecule has 5 heteroatoms. The molecular weight excluding hydrogens is 322 g/mol. The number of benzene rings is 1. The summed E-state index contributed by atoms with van der Waals surface area (Å²) in [6.07, 6.45) is 3.76. The van der Waals surface area contributed by atoms with E-state index in [2.05, 4.69) is 21.2 Å². The third kappa shape index (κ3) is 4.04. The molecule has 1 heterocycles. The topological polar surface area (TPSA) is 58.6 Å². The molecule has 1 unspecified atom stereocenters. The van der Waals surface area contributed by atoms with Crippen molar-refractivity contribution < 1.29 is 14.6 Å². The van der Waals surface area contributed by atoms with E-state index in [0.29, 0.717) is 0 Å². The summed E-state index contributed by atoms with van der Waals surface area (Å²) in [7, 11) is 0. The lowest BCUT2D eigenvalue weighted by molar-refractivity contribution is -0.152. The number of ether oxygens (including phenoxy) is 1. The highest BCUT2D eigenvalue weighted by Crippen LogP contribution is 2.36. The van der Waals surface area contributed by atoms with Gasteiger partial charge in [-0.3, -0.25) is 0 Å². The molecule has 0 aliphatic carbocycles. The first-order valence-electron chi connectivity index (χ1n) is 6.95. The minimum Gasteiger partial charge on any atom is -0.480 e. The first-order chi connectivity index (χ1) is 9.62. The average Bonchev–Trinajstić information content (AvgIpc) is 2.38. The lowest BCUT2D eigenvalue weighted by Crippen LogP contribution is -2.37. The SMILES string of the molecule is O=C(O)COC1(c2cccc(Br)c2)CCCCNCC1. The second-order valence-corrected chi connectivity index (χ2v) is 6.06. The zero-order valence-electron chi connectivity index (χ0n) is 11.4. The largest absolute Gasteiger partial charge is 0.480 e. The van der Waals surface area contributed by atoms with Crippen LogP contribution in [0.25, 0.3) is 0 Å². The molecule has 1 aromatic rings. The molecule has 0 radical (unpaired) electrons. The Morgan fingerprint density at radius 2 is 2.20 bits per heavy atom. The van der Waals surface area contributed by atoms with E-state index in [0.717, 1.165) is 48.8 Å². The van der Waals surface area contributed by atoms with Crippen LogP contribution in [0.5, 0.6) is 0 Å². The molecule has 0 spiro atoms. The van der Waals surface area contributed by atoms with Gasteiger partial charge >= 0.3 is 5.97 Å². The van der Waals surface area contributed by atoms with Crippen LogP contribution in [0.4, 0.5) is 0 Å². The smallest absolute Gasteiger partial charge is 0.329 e. The predicted molar refractivity (Wildman–Crippen MR) is 80.7 cm³/mol. The van der Waals surface area contributed by atoms with Crippen molar-refractivity contribution in [1.29, 1.82) is 0 Å². The number of carboxylic acid groups (broad SMARTS) is 1. The van der Waals surface area contributed by atoms with Gasteiger partial charge in [0.25, 0.3) is 0 Å². The van der Waals surface area contributed by atoms with Crippen molar-refractivity contribution in [2.45, 2.75) is 31.3 Å². The van der Waals surface area contributed by atoms with Crippen LogP contribution in [0.15, 0.2) is 28.7 Å². The highest BCUT2D eigenvalue weighted by molar-refractivity contribution is 9.10. The van der Waals surface area contributed by atoms with Gasteiger partial charge in [-0.15, -0.1) is 0 Å². The molecule has 4 nitrogen and oxygen atoms in total. The van der Waals surface area contributed by atoms with Gasteiger partial charge in [0.1, 0.15) is 6.61 Å². The summed E-state index contributed by atoms with van der Waals surface area (Å²) in [4.78, 5) is 10.9. The van der Waals surface area contributed by atoms with Gasteiger partial charge in [0, 0.05) is 4.47 Å². The van der Waals surface area contributed by atoms with E-state index in [1.165, 1.54) is 0 Å². The number of carboxylic acids is 1. The Bertz CT molecular complexity index is 456. The first kappa shape index (κ1) is 15.5. The fourth-order valence-corrected chi connectivity index (χ4v) is 3.09. The van der Waals surface area contributed by atoms with Crippen molar-refractivity contribution in [3.05, 3.63) is 34.3 Å². The molecule has 1 atom stereocenters. The monoisotopic (exact) mass is 341 g/mol. The third-order valence-corrected chi connectivity index (χ3v) is 4.21. The van der Waals surface area contributed by atoms with Crippen molar-refractivity contribution >= 4 is 21.9 Å². The summed E-state index contributed by atoms with van der Waals surface area (Å²) in [5, 5.41) is 12.3. The number of halogens is 1. The van der Waals surface area contributed by atoms with Crippen LogP contribution in [-0.4, -0.2) is 30.8 Å². The van der Waals surface area contributed by atoms with Gasteiger partial charge in [0.15, 0.2) is 0 Å². The molecule has 1 aliphatic heterocycles. The van der Waals surface area contributed by atoms with Gasteiger partial charge in [-0.05, 0) is 56.5 Å². The van der Waals surface area contributed by atoms with E-state index in [1.807, 2.05) is 24.3 Å². The van der Waals surface area contributed by atoms with E-state index in [1.54, 1.807) is 0 Å². The highest BCUT2D eigenvalue weighted by Gasteiger charge is 2.34. The molecule has 0 bridgehead atoms. The number of rotatable bonds is 4. The Balaban J connectivity index is 2.27. The first-order valence-corrected chi connectivity index (χ1v) is 7.74. The Kier molecular flexibility index (Phi) is 5.57. The molecule has 2 rings (SSSR count). The van der Waals surface area contributed by atoms with Crippen LogP contribution in [0.2, 0.25) is 0 Å². The molecule has 2 N–H and O–H groups in total. The van der Waals surface area contributed by atoms with Crippen LogP contribution in [0, 0.1) is 0 Å². The number of hydrogen-bond donors (Lipinski definition) is 2. The molecule has 20 heavy (non-hydrogen) atoms. The molecule has 0 saturated carbocycles. The number of carbonyl (C=O) groups is 1. The van der Waals surface area contributed by atoms with Crippen molar-refractivity contribution in [1.82, 2.24) is 5.32 Å². The molecule has 110 valence electrons. The zero-order chi connectivity index (χ0) is 14.4. The quantitative estimate of drug-likeness (QED) is 0.883. The van der Waals surface area contributed by atoms with Gasteiger partial charge in [-0.1, -0.05) is 28.1 Å². The van der Waals surface area contributed by atoms with Gasteiger partial charge in [-0.2, -0.15) is 0 Å². The third-order valence-electron chi connectivity index (χ3n) is 3.71. The average molecular weight is 342 g/mol. The van der Waals surface area contributed by atoms with Crippen LogP contribution in [0.3, 0.4) is 0 Å². The summed E-state index contributed by atoms with van der Waals surface area (Å²) in [5.41, 5.74) is 0.548. The standard InChI is InChI=1S/C15H20BrNO3/c16-13-5-3-4-12(10-13)15(20-11-14(18)19)6-1-2-8-17-9-7-15/h3-5,10,17H,1-2,6-9,11H2,(H,18,19). The van der Waals surface area contributed by atoms with E-state index in [-0.39, 0.29) is 6.61 Å². The lowest BCUT2D eigenvalue weighted by Gasteiger charge is -2.36. The Morgan fingerprint density at radius 3 is 2.95 bits per heavy atom. The fraction of sp³-hybridized carbons (Fsp3) is 0.533. The second-order valence-electron chi connectivity index (χ2n) is 5.14. The van der Waals surface area contributed by atoms with Crippen LogP contribution < -0.4 is 5.32 Å². The maximum Gasteiger partial charge on any atom is 0.329 e. The lowest BCUT2D eigenvalue weighted by atomic mass is 9.84. The van der Waals surface area contributed by atoms with Crippen molar-refractivity contribution in [3.8, 4) is 0 Å². The van der Waals surface area contributed by atoms with Crippen LogP contribution in [-0.2, 0) is 15.1 Å². The number of hydrogen-bond acceptors (Lipinski definition) is 3. The number of aliphatic carboxylic acids is 1. The molecule has 1 fully saturated rings. The maximum absolute atomic E-state index is 10.9. The van der Waals surface area contributed by atoms with E-state index in [9.17, 15) is 4.79 Å². The minimum atomic E-state index is -0.922. The van der Waals surface area contributed by atoms with Crippen molar-refractivity contribution in [2.75, 3.05) is 19.7 Å². The Hall–Kier alpha value is -0.910. The molecule has 0 amide bonds. The fourth-order valence-electron chi connectivity index (χ4n) is 2.69. The highest BCUT2D eigenvalue weighted by atomic mass is 79.9. The summed E-state index contributed by atoms with van der Waals surface area (Å²) in [6, 6.07) is 7.99. The van der Waals surface area contributed by atoms with Crippen molar-refractivity contribution in [2.24, 2.45) is 0 Å². The normalized spacial score (nSPS) is 23.9. The van der Waals surface area contributed by atoms with E-state index in [4.69, 9.17) is 9.84 Å². The molecule has 1 aliphatic rings. The van der Waals surface area contributed by atoms with Crippen LogP contribution >= 0.6 is 15.9 Å². The van der Waals surface area contributed by atoms with Crippen molar-refractivity contribution in [3.63, 3.8) is 0 Å². The summed E-state index contributed by atoms with van der Waals surface area (Å²) >= 11 is 3.48. The minimum absolute atomic E-state index is 0.257. The second kappa shape index (κ2) is 7.20. The van der Waals surface area contributed by atoms with Gasteiger partial charge in [-0.25, -0.2) is 4.79 Å². The predicted octanol–water partition coefficient (Wildman–Crippen LogP) is 2.91. The molecule has 1 aromatic carbocycles. The zero-order valence-corrected chi connectivity index (χ0v) is 13.0. The summed E-state index contributed by atoms with van der Waals surface area (Å²) < 4.78 is 6.84. The van der Waals surface area contributed by atoms with E-state index >= 15 is 0 Å². The molecule has 0 aromatic heterocycles. The van der Waals surface area contributed by atoms with Gasteiger partial charge in [0.05, 0.1) is 5.60 Å². The Labute approximate surface area is 127 Å². The van der Waals surface area contributed by atoms with E-state index < -0.39 is 11.6 Å². The van der Waals surface area contributed by atoms with Crippen LogP contribution in [0.1, 0.15) is 31.2 Å². The maximum atomic E-state index is 10.9. The van der Waals surface area contributed by atoms with Gasteiger partial charge < -0.3 is 15.2 Å². The van der Waals surface area contributed by atoms with Gasteiger partial charge in [0.2, 0.25) is 0 Å². The molecular formula is C15H20BrNO3. The summed E-state index contributed by atoms with van der Waals surface area (Å²) in [5.74, 6) is -0.922. The summed E-state index contributed by atoms with van der Waals surface area (Å²) in [6.45, 7) is 1.60.